The number of hydrogen-bond donors (Lipinski definition) is 0. The second-order valence-electron chi connectivity index (χ2n) is 4.49. The third-order valence-electron chi connectivity index (χ3n) is 3.46. The third-order valence-corrected chi connectivity index (χ3v) is 3.69. The van der Waals surface area contributed by atoms with E-state index in [1.807, 2.05) is 24.3 Å². The molecule has 86 valence electrons. The van der Waals surface area contributed by atoms with Crippen molar-refractivity contribution in [1.29, 1.82) is 0 Å². The minimum absolute atomic E-state index is 0.182. The van der Waals surface area contributed by atoms with E-state index in [1.54, 1.807) is 0 Å². The topological polar surface area (TPSA) is 0 Å². The maximum absolute atomic E-state index is 12.9. The molecule has 0 N–H and O–H groups in total. The summed E-state index contributed by atoms with van der Waals surface area (Å²) in [6.45, 7) is 0. The molecule has 3 rings (SSSR count). The SMILES string of the molecule is Fc1ccc(C2CCc3ccc(Cl)cc32)cc1. The van der Waals surface area contributed by atoms with E-state index in [0.29, 0.717) is 5.92 Å². The highest BCUT2D eigenvalue weighted by Crippen LogP contribution is 2.39. The molecular weight excluding hydrogens is 235 g/mol. The van der Waals surface area contributed by atoms with Gasteiger partial charge in [-0.15, -0.1) is 0 Å². The van der Waals surface area contributed by atoms with E-state index in [4.69, 9.17) is 11.6 Å². The monoisotopic (exact) mass is 246 g/mol. The highest BCUT2D eigenvalue weighted by Gasteiger charge is 2.23. The minimum atomic E-state index is -0.182. The van der Waals surface area contributed by atoms with Gasteiger partial charge in [0.05, 0.1) is 0 Å². The maximum atomic E-state index is 12.9. The summed E-state index contributed by atoms with van der Waals surface area (Å²) in [5.74, 6) is 0.183. The number of hydrogen-bond acceptors (Lipinski definition) is 0. The molecule has 0 bridgehead atoms. The highest BCUT2D eigenvalue weighted by molar-refractivity contribution is 6.30. The van der Waals surface area contributed by atoms with Crippen LogP contribution in [0, 0.1) is 5.82 Å². The lowest BCUT2D eigenvalue weighted by atomic mass is 9.93. The van der Waals surface area contributed by atoms with Gasteiger partial charge in [-0.05, 0) is 53.8 Å². The van der Waals surface area contributed by atoms with Crippen LogP contribution < -0.4 is 0 Å². The molecule has 1 aliphatic carbocycles. The number of aryl methyl sites for hydroxylation is 1. The molecule has 2 aromatic rings. The summed E-state index contributed by atoms with van der Waals surface area (Å²) >= 11 is 6.04. The predicted octanol–water partition coefficient (Wildman–Crippen LogP) is 4.56. The smallest absolute Gasteiger partial charge is 0.123 e. The van der Waals surface area contributed by atoms with Gasteiger partial charge < -0.3 is 0 Å². The van der Waals surface area contributed by atoms with E-state index in [2.05, 4.69) is 6.07 Å². The van der Waals surface area contributed by atoms with E-state index in [0.717, 1.165) is 17.9 Å². The van der Waals surface area contributed by atoms with Gasteiger partial charge in [-0.3, -0.25) is 0 Å². The summed E-state index contributed by atoms with van der Waals surface area (Å²) < 4.78 is 12.9. The van der Waals surface area contributed by atoms with Crippen molar-refractivity contribution in [2.75, 3.05) is 0 Å². The van der Waals surface area contributed by atoms with Crippen LogP contribution in [0.4, 0.5) is 4.39 Å². The second kappa shape index (κ2) is 4.15. The Morgan fingerprint density at radius 1 is 1.06 bits per heavy atom. The molecule has 0 radical (unpaired) electrons. The maximum Gasteiger partial charge on any atom is 0.123 e. The van der Waals surface area contributed by atoms with Crippen LogP contribution in [0.1, 0.15) is 29.0 Å². The van der Waals surface area contributed by atoms with Crippen LogP contribution in [-0.4, -0.2) is 0 Å². The van der Waals surface area contributed by atoms with Gasteiger partial charge in [-0.1, -0.05) is 29.8 Å². The zero-order chi connectivity index (χ0) is 11.8. The van der Waals surface area contributed by atoms with E-state index < -0.39 is 0 Å². The van der Waals surface area contributed by atoms with Gasteiger partial charge in [0.25, 0.3) is 0 Å². The molecule has 0 aliphatic heterocycles. The van der Waals surface area contributed by atoms with Gasteiger partial charge in [0, 0.05) is 10.9 Å². The number of benzene rings is 2. The molecule has 0 fully saturated rings. The molecular formula is C15H12ClF. The molecule has 2 heteroatoms. The van der Waals surface area contributed by atoms with Crippen LogP contribution in [-0.2, 0) is 6.42 Å². The first-order chi connectivity index (χ1) is 8.24. The Kier molecular flexibility index (Phi) is 2.64. The Balaban J connectivity index is 2.03. The molecule has 1 atom stereocenters. The van der Waals surface area contributed by atoms with Crippen LogP contribution in [0.2, 0.25) is 5.02 Å². The molecule has 2 aromatic carbocycles. The van der Waals surface area contributed by atoms with E-state index in [1.165, 1.54) is 28.8 Å². The van der Waals surface area contributed by atoms with Crippen molar-refractivity contribution < 1.29 is 4.39 Å². The second-order valence-corrected chi connectivity index (χ2v) is 4.92. The highest BCUT2D eigenvalue weighted by atomic mass is 35.5. The number of fused-ring (bicyclic) bond motifs is 1. The van der Waals surface area contributed by atoms with Gasteiger partial charge >= 0.3 is 0 Å². The van der Waals surface area contributed by atoms with Crippen molar-refractivity contribution in [2.24, 2.45) is 0 Å². The van der Waals surface area contributed by atoms with Crippen molar-refractivity contribution in [3.05, 3.63) is 70.0 Å². The summed E-state index contributed by atoms with van der Waals surface area (Å²) in [5.41, 5.74) is 3.83. The molecule has 0 nitrogen and oxygen atoms in total. The van der Waals surface area contributed by atoms with Crippen LogP contribution in [0.15, 0.2) is 42.5 Å². The third kappa shape index (κ3) is 1.96. The fourth-order valence-electron chi connectivity index (χ4n) is 2.61. The van der Waals surface area contributed by atoms with Gasteiger partial charge in [0.15, 0.2) is 0 Å². The van der Waals surface area contributed by atoms with Gasteiger partial charge in [0.2, 0.25) is 0 Å². The first kappa shape index (κ1) is 10.8. The first-order valence-corrected chi connectivity index (χ1v) is 6.15. The normalized spacial score (nSPS) is 18.1. The molecule has 0 saturated carbocycles. The lowest BCUT2D eigenvalue weighted by Gasteiger charge is -2.12. The fraction of sp³-hybridized carbons (Fsp3) is 0.200. The Morgan fingerprint density at radius 2 is 1.82 bits per heavy atom. The van der Waals surface area contributed by atoms with Gasteiger partial charge in [-0.25, -0.2) is 4.39 Å². The lowest BCUT2D eigenvalue weighted by Crippen LogP contribution is -1.96. The Labute approximate surface area is 105 Å². The zero-order valence-electron chi connectivity index (χ0n) is 9.29. The summed E-state index contributed by atoms with van der Waals surface area (Å²) in [5, 5.41) is 0.776. The summed E-state index contributed by atoms with van der Waals surface area (Å²) in [4.78, 5) is 0. The molecule has 0 heterocycles. The summed E-state index contributed by atoms with van der Waals surface area (Å²) in [6.07, 6.45) is 2.16. The predicted molar refractivity (Wildman–Crippen MR) is 68.0 cm³/mol. The molecule has 1 unspecified atom stereocenters. The van der Waals surface area contributed by atoms with Crippen molar-refractivity contribution >= 4 is 11.6 Å². The number of halogens is 2. The molecule has 0 amide bonds. The fourth-order valence-corrected chi connectivity index (χ4v) is 2.80. The van der Waals surface area contributed by atoms with E-state index in [-0.39, 0.29) is 5.82 Å². The van der Waals surface area contributed by atoms with Crippen molar-refractivity contribution in [3.63, 3.8) is 0 Å². The van der Waals surface area contributed by atoms with Crippen LogP contribution in [0.25, 0.3) is 0 Å². The van der Waals surface area contributed by atoms with Crippen molar-refractivity contribution in [3.8, 4) is 0 Å². The Hall–Kier alpha value is -1.34. The lowest BCUT2D eigenvalue weighted by molar-refractivity contribution is 0.626. The molecule has 0 aromatic heterocycles. The molecule has 1 aliphatic rings. The number of rotatable bonds is 1. The van der Waals surface area contributed by atoms with Gasteiger partial charge in [-0.2, -0.15) is 0 Å². The van der Waals surface area contributed by atoms with Crippen molar-refractivity contribution in [1.82, 2.24) is 0 Å². The standard InChI is InChI=1S/C15H12ClF/c16-12-5-1-11-4-8-14(15(11)9-12)10-2-6-13(17)7-3-10/h1-3,5-7,9,14H,4,8H2. The molecule has 0 spiro atoms. The Bertz CT molecular complexity index is 545. The van der Waals surface area contributed by atoms with Crippen LogP contribution in [0.5, 0.6) is 0 Å². The summed E-state index contributed by atoms with van der Waals surface area (Å²) in [7, 11) is 0. The molecule has 17 heavy (non-hydrogen) atoms. The Morgan fingerprint density at radius 3 is 2.59 bits per heavy atom. The van der Waals surface area contributed by atoms with Gasteiger partial charge in [0.1, 0.15) is 5.82 Å². The zero-order valence-corrected chi connectivity index (χ0v) is 10.0. The minimum Gasteiger partial charge on any atom is -0.207 e. The quantitative estimate of drug-likeness (QED) is 0.692. The van der Waals surface area contributed by atoms with Crippen LogP contribution in [0.3, 0.4) is 0 Å². The first-order valence-electron chi connectivity index (χ1n) is 5.78. The molecule has 0 saturated heterocycles. The average molecular weight is 247 g/mol. The summed E-state index contributed by atoms with van der Waals surface area (Å²) in [6, 6.07) is 12.9. The van der Waals surface area contributed by atoms with Crippen molar-refractivity contribution in [2.45, 2.75) is 18.8 Å². The average Bonchev–Trinajstić information content (AvgIpc) is 2.73. The van der Waals surface area contributed by atoms with E-state index in [9.17, 15) is 4.39 Å². The van der Waals surface area contributed by atoms with E-state index >= 15 is 0 Å². The van der Waals surface area contributed by atoms with Crippen LogP contribution >= 0.6 is 11.6 Å². The largest absolute Gasteiger partial charge is 0.207 e.